The molecule has 0 aliphatic carbocycles. The number of rotatable bonds is 2. The van der Waals surface area contributed by atoms with Crippen LogP contribution in [-0.4, -0.2) is 50.2 Å². The lowest BCUT2D eigenvalue weighted by Gasteiger charge is -2.35. The van der Waals surface area contributed by atoms with Gasteiger partial charge < -0.3 is 15.0 Å². The molecule has 2 aliphatic rings. The van der Waals surface area contributed by atoms with Crippen molar-refractivity contribution >= 4 is 5.91 Å². The largest absolute Gasteiger partial charge is 0.381 e. The van der Waals surface area contributed by atoms with Gasteiger partial charge in [0.1, 0.15) is 0 Å². The maximum Gasteiger partial charge on any atom is 0.228 e. The van der Waals surface area contributed by atoms with Crippen LogP contribution in [0.2, 0.25) is 0 Å². The van der Waals surface area contributed by atoms with E-state index in [1.807, 2.05) is 11.9 Å². The molecule has 4 heteroatoms. The SMILES string of the molecule is CNC1CCCN(C(=O)C2CCCOC2)C1. The first-order chi connectivity index (χ1) is 7.81. The molecule has 16 heavy (non-hydrogen) atoms. The average molecular weight is 226 g/mol. The molecule has 1 amide bonds. The van der Waals surface area contributed by atoms with Gasteiger partial charge in [0.2, 0.25) is 5.91 Å². The summed E-state index contributed by atoms with van der Waals surface area (Å²) in [5.41, 5.74) is 0. The number of nitrogens with one attached hydrogen (secondary N) is 1. The lowest BCUT2D eigenvalue weighted by Crippen LogP contribution is -2.49. The zero-order valence-corrected chi connectivity index (χ0v) is 10.1. The molecule has 4 nitrogen and oxygen atoms in total. The van der Waals surface area contributed by atoms with Crippen molar-refractivity contribution in [2.45, 2.75) is 31.7 Å². The summed E-state index contributed by atoms with van der Waals surface area (Å²) in [5, 5.41) is 3.27. The molecule has 2 fully saturated rings. The van der Waals surface area contributed by atoms with E-state index in [0.717, 1.165) is 39.0 Å². The van der Waals surface area contributed by atoms with Crippen molar-refractivity contribution in [3.05, 3.63) is 0 Å². The van der Waals surface area contributed by atoms with Crippen LogP contribution >= 0.6 is 0 Å². The van der Waals surface area contributed by atoms with Gasteiger partial charge in [0.25, 0.3) is 0 Å². The molecule has 0 aromatic rings. The van der Waals surface area contributed by atoms with Crippen LogP contribution in [0.25, 0.3) is 0 Å². The smallest absolute Gasteiger partial charge is 0.228 e. The van der Waals surface area contributed by atoms with E-state index in [4.69, 9.17) is 4.74 Å². The molecule has 2 unspecified atom stereocenters. The second-order valence-electron chi connectivity index (χ2n) is 4.83. The molecule has 0 aromatic heterocycles. The number of carbonyl (C=O) groups is 1. The van der Waals surface area contributed by atoms with Crippen molar-refractivity contribution in [1.82, 2.24) is 10.2 Å². The molecular weight excluding hydrogens is 204 g/mol. The fraction of sp³-hybridized carbons (Fsp3) is 0.917. The van der Waals surface area contributed by atoms with E-state index < -0.39 is 0 Å². The molecule has 1 N–H and O–H groups in total. The Balaban J connectivity index is 1.87. The third-order valence-electron chi connectivity index (χ3n) is 3.65. The lowest BCUT2D eigenvalue weighted by molar-refractivity contribution is -0.141. The van der Waals surface area contributed by atoms with Crippen LogP contribution in [0.3, 0.4) is 0 Å². The zero-order valence-electron chi connectivity index (χ0n) is 10.1. The second-order valence-corrected chi connectivity index (χ2v) is 4.83. The summed E-state index contributed by atoms with van der Waals surface area (Å²) in [7, 11) is 1.97. The molecule has 0 aromatic carbocycles. The van der Waals surface area contributed by atoms with Crippen molar-refractivity contribution in [3.8, 4) is 0 Å². The van der Waals surface area contributed by atoms with Crippen molar-refractivity contribution in [3.63, 3.8) is 0 Å². The monoisotopic (exact) mass is 226 g/mol. The van der Waals surface area contributed by atoms with E-state index in [-0.39, 0.29) is 5.92 Å². The topological polar surface area (TPSA) is 41.6 Å². The Morgan fingerprint density at radius 1 is 1.38 bits per heavy atom. The van der Waals surface area contributed by atoms with Crippen molar-refractivity contribution in [1.29, 1.82) is 0 Å². The van der Waals surface area contributed by atoms with Gasteiger partial charge in [-0.25, -0.2) is 0 Å². The summed E-state index contributed by atoms with van der Waals surface area (Å²) < 4.78 is 5.38. The van der Waals surface area contributed by atoms with E-state index in [1.54, 1.807) is 0 Å². The Hall–Kier alpha value is -0.610. The highest BCUT2D eigenvalue weighted by Crippen LogP contribution is 2.19. The minimum Gasteiger partial charge on any atom is -0.381 e. The number of piperidine rings is 1. The van der Waals surface area contributed by atoms with Gasteiger partial charge in [-0.05, 0) is 32.7 Å². The third-order valence-corrected chi connectivity index (χ3v) is 3.65. The van der Waals surface area contributed by atoms with Gasteiger partial charge in [0.05, 0.1) is 12.5 Å². The van der Waals surface area contributed by atoms with Gasteiger partial charge in [-0.15, -0.1) is 0 Å². The standard InChI is InChI=1S/C12H22N2O2/c1-13-11-5-2-6-14(8-11)12(15)10-4-3-7-16-9-10/h10-11,13H,2-9H2,1H3. The zero-order chi connectivity index (χ0) is 11.4. The fourth-order valence-corrected chi connectivity index (χ4v) is 2.61. The Kier molecular flexibility index (Phi) is 4.18. The number of amides is 1. The van der Waals surface area contributed by atoms with Crippen LogP contribution in [0.4, 0.5) is 0 Å². The maximum atomic E-state index is 12.2. The highest BCUT2D eigenvalue weighted by Gasteiger charge is 2.29. The molecule has 0 saturated carbocycles. The minimum absolute atomic E-state index is 0.115. The molecule has 0 radical (unpaired) electrons. The first kappa shape index (κ1) is 11.9. The normalized spacial score (nSPS) is 31.4. The molecule has 2 rings (SSSR count). The van der Waals surface area contributed by atoms with E-state index in [0.29, 0.717) is 18.6 Å². The van der Waals surface area contributed by atoms with Crippen LogP contribution < -0.4 is 5.32 Å². The molecule has 2 atom stereocenters. The average Bonchev–Trinajstić information content (AvgIpc) is 2.39. The Bertz CT molecular complexity index is 239. The molecule has 2 aliphatic heterocycles. The van der Waals surface area contributed by atoms with Gasteiger partial charge >= 0.3 is 0 Å². The lowest BCUT2D eigenvalue weighted by atomic mass is 9.98. The number of carbonyl (C=O) groups excluding carboxylic acids is 1. The second kappa shape index (κ2) is 5.64. The number of likely N-dealkylation sites (tertiary alicyclic amines) is 1. The van der Waals surface area contributed by atoms with Gasteiger partial charge in [0.15, 0.2) is 0 Å². The third kappa shape index (κ3) is 2.74. The Labute approximate surface area is 97.3 Å². The highest BCUT2D eigenvalue weighted by molar-refractivity contribution is 5.79. The number of hydrogen-bond acceptors (Lipinski definition) is 3. The van der Waals surface area contributed by atoms with Crippen molar-refractivity contribution < 1.29 is 9.53 Å². The predicted octanol–water partition coefficient (Wildman–Crippen LogP) is 0.623. The van der Waals surface area contributed by atoms with Gasteiger partial charge in [-0.1, -0.05) is 0 Å². The molecule has 0 spiro atoms. The quantitative estimate of drug-likeness (QED) is 0.750. The van der Waals surface area contributed by atoms with Crippen LogP contribution in [0.15, 0.2) is 0 Å². The number of nitrogens with zero attached hydrogens (tertiary/aromatic N) is 1. The van der Waals surface area contributed by atoms with Crippen LogP contribution in [0.1, 0.15) is 25.7 Å². The number of hydrogen-bond donors (Lipinski definition) is 1. The van der Waals surface area contributed by atoms with Crippen LogP contribution in [0, 0.1) is 5.92 Å². The summed E-state index contributed by atoms with van der Waals surface area (Å²) in [6.07, 6.45) is 4.32. The fourth-order valence-electron chi connectivity index (χ4n) is 2.61. The van der Waals surface area contributed by atoms with E-state index in [2.05, 4.69) is 5.32 Å². The van der Waals surface area contributed by atoms with Crippen LogP contribution in [0.5, 0.6) is 0 Å². The van der Waals surface area contributed by atoms with E-state index in [9.17, 15) is 4.79 Å². The summed E-state index contributed by atoms with van der Waals surface area (Å²) >= 11 is 0. The van der Waals surface area contributed by atoms with Gasteiger partial charge in [-0.2, -0.15) is 0 Å². The Morgan fingerprint density at radius 2 is 2.25 bits per heavy atom. The molecule has 92 valence electrons. The Morgan fingerprint density at radius 3 is 2.94 bits per heavy atom. The van der Waals surface area contributed by atoms with Gasteiger partial charge in [-0.3, -0.25) is 4.79 Å². The van der Waals surface area contributed by atoms with Crippen LogP contribution in [-0.2, 0) is 9.53 Å². The molecule has 2 saturated heterocycles. The summed E-state index contributed by atoms with van der Waals surface area (Å²) in [4.78, 5) is 14.3. The number of likely N-dealkylation sites (N-methyl/N-ethyl adjacent to an activating group) is 1. The maximum absolute atomic E-state index is 12.2. The first-order valence-electron chi connectivity index (χ1n) is 6.35. The molecule has 0 bridgehead atoms. The predicted molar refractivity (Wildman–Crippen MR) is 62.2 cm³/mol. The van der Waals surface area contributed by atoms with Crippen molar-refractivity contribution in [2.24, 2.45) is 5.92 Å². The van der Waals surface area contributed by atoms with Gasteiger partial charge in [0, 0.05) is 25.7 Å². The number of ether oxygens (including phenoxy) is 1. The first-order valence-corrected chi connectivity index (χ1v) is 6.35. The summed E-state index contributed by atoms with van der Waals surface area (Å²) in [5.74, 6) is 0.420. The molecule has 2 heterocycles. The van der Waals surface area contributed by atoms with E-state index >= 15 is 0 Å². The molecular formula is C12H22N2O2. The summed E-state index contributed by atoms with van der Waals surface area (Å²) in [6.45, 7) is 3.24. The summed E-state index contributed by atoms with van der Waals surface area (Å²) in [6, 6.07) is 0.474. The van der Waals surface area contributed by atoms with E-state index in [1.165, 1.54) is 6.42 Å². The minimum atomic E-state index is 0.115. The van der Waals surface area contributed by atoms with Crippen molar-refractivity contribution in [2.75, 3.05) is 33.4 Å². The highest BCUT2D eigenvalue weighted by atomic mass is 16.5.